The zero-order valence-electron chi connectivity index (χ0n) is 15.7. The number of carbonyl (C=O) groups is 2. The van der Waals surface area contributed by atoms with Crippen molar-refractivity contribution < 1.29 is 9.59 Å². The third-order valence-corrected chi connectivity index (χ3v) is 4.29. The van der Waals surface area contributed by atoms with E-state index in [-0.39, 0.29) is 17.9 Å². The fourth-order valence-electron chi connectivity index (χ4n) is 2.78. The topological polar surface area (TPSA) is 75.4 Å². The SMILES string of the molecule is CC(=O)N(Cc1ccc(NC(=O)CCc2ccccc2N)cc1)C(C)C. The second kappa shape index (κ2) is 9.04. The summed E-state index contributed by atoms with van der Waals surface area (Å²) in [6, 6.07) is 15.3. The summed E-state index contributed by atoms with van der Waals surface area (Å²) in [5.74, 6) is 0.00566. The number of nitrogens with one attached hydrogen (secondary N) is 1. The summed E-state index contributed by atoms with van der Waals surface area (Å²) in [5.41, 5.74) is 9.37. The molecule has 0 saturated carbocycles. The van der Waals surface area contributed by atoms with Gasteiger partial charge in [0.05, 0.1) is 0 Å². The summed E-state index contributed by atoms with van der Waals surface area (Å²) in [6.45, 7) is 6.13. The van der Waals surface area contributed by atoms with Crippen molar-refractivity contribution in [3.8, 4) is 0 Å². The number of nitrogens with zero attached hydrogens (tertiary/aromatic N) is 1. The lowest BCUT2D eigenvalue weighted by Crippen LogP contribution is -2.34. The lowest BCUT2D eigenvalue weighted by Gasteiger charge is -2.25. The van der Waals surface area contributed by atoms with Gasteiger partial charge in [-0.3, -0.25) is 9.59 Å². The molecule has 0 radical (unpaired) electrons. The van der Waals surface area contributed by atoms with Crippen molar-refractivity contribution >= 4 is 23.2 Å². The van der Waals surface area contributed by atoms with Crippen LogP contribution in [0.3, 0.4) is 0 Å². The fourth-order valence-corrected chi connectivity index (χ4v) is 2.78. The van der Waals surface area contributed by atoms with E-state index in [1.54, 1.807) is 11.8 Å². The first kappa shape index (κ1) is 19.5. The lowest BCUT2D eigenvalue weighted by molar-refractivity contribution is -0.131. The van der Waals surface area contributed by atoms with E-state index in [2.05, 4.69) is 5.32 Å². The van der Waals surface area contributed by atoms with Crippen LogP contribution in [0.15, 0.2) is 48.5 Å². The molecule has 0 atom stereocenters. The number of rotatable bonds is 7. The number of aryl methyl sites for hydroxylation is 1. The van der Waals surface area contributed by atoms with Gasteiger partial charge in [-0.25, -0.2) is 0 Å². The van der Waals surface area contributed by atoms with E-state index >= 15 is 0 Å². The molecule has 2 aromatic carbocycles. The molecule has 3 N–H and O–H groups in total. The maximum atomic E-state index is 12.1. The smallest absolute Gasteiger partial charge is 0.224 e. The van der Waals surface area contributed by atoms with Gasteiger partial charge in [-0.05, 0) is 49.6 Å². The van der Waals surface area contributed by atoms with Gasteiger partial charge < -0.3 is 16.0 Å². The number of benzene rings is 2. The van der Waals surface area contributed by atoms with Crippen LogP contribution in [0.25, 0.3) is 0 Å². The van der Waals surface area contributed by atoms with Crippen LogP contribution in [0.2, 0.25) is 0 Å². The molecule has 0 bridgehead atoms. The molecule has 0 spiro atoms. The number of hydrogen-bond donors (Lipinski definition) is 2. The second-order valence-electron chi connectivity index (χ2n) is 6.68. The molecule has 0 unspecified atom stereocenters. The monoisotopic (exact) mass is 353 g/mol. The van der Waals surface area contributed by atoms with Crippen LogP contribution in [0.5, 0.6) is 0 Å². The van der Waals surface area contributed by atoms with Crippen molar-refractivity contribution in [1.82, 2.24) is 4.90 Å². The Bertz CT molecular complexity index is 754. The molecule has 2 rings (SSSR count). The van der Waals surface area contributed by atoms with Crippen LogP contribution < -0.4 is 11.1 Å². The van der Waals surface area contributed by atoms with Gasteiger partial charge in [-0.15, -0.1) is 0 Å². The average Bonchev–Trinajstić information content (AvgIpc) is 2.59. The molecule has 2 amide bonds. The molecule has 0 heterocycles. The minimum atomic E-state index is -0.0476. The maximum Gasteiger partial charge on any atom is 0.224 e. The highest BCUT2D eigenvalue weighted by Crippen LogP contribution is 2.15. The normalized spacial score (nSPS) is 10.6. The first-order valence-electron chi connectivity index (χ1n) is 8.86. The molecule has 0 aliphatic rings. The van der Waals surface area contributed by atoms with E-state index in [9.17, 15) is 9.59 Å². The quantitative estimate of drug-likeness (QED) is 0.747. The van der Waals surface area contributed by atoms with Crippen molar-refractivity contribution in [1.29, 1.82) is 0 Å². The zero-order valence-corrected chi connectivity index (χ0v) is 15.7. The minimum absolute atomic E-state index is 0.0476. The van der Waals surface area contributed by atoms with Crippen LogP contribution in [0.1, 0.15) is 38.3 Å². The van der Waals surface area contributed by atoms with E-state index in [0.29, 0.717) is 25.1 Å². The Balaban J connectivity index is 1.89. The lowest BCUT2D eigenvalue weighted by atomic mass is 10.1. The Morgan fingerprint density at radius 2 is 1.73 bits per heavy atom. The molecular weight excluding hydrogens is 326 g/mol. The zero-order chi connectivity index (χ0) is 19.1. The summed E-state index contributed by atoms with van der Waals surface area (Å²) >= 11 is 0. The van der Waals surface area contributed by atoms with Gasteiger partial charge in [-0.2, -0.15) is 0 Å². The van der Waals surface area contributed by atoms with Crippen molar-refractivity contribution in [2.75, 3.05) is 11.1 Å². The molecule has 0 aliphatic heterocycles. The van der Waals surface area contributed by atoms with Crippen LogP contribution in [-0.4, -0.2) is 22.8 Å². The van der Waals surface area contributed by atoms with Gasteiger partial charge >= 0.3 is 0 Å². The molecule has 0 aliphatic carbocycles. The Kier molecular flexibility index (Phi) is 6.78. The second-order valence-corrected chi connectivity index (χ2v) is 6.68. The number of carbonyl (C=O) groups excluding carboxylic acids is 2. The number of nitrogen functional groups attached to an aromatic ring is 1. The van der Waals surface area contributed by atoms with Crippen LogP contribution in [0.4, 0.5) is 11.4 Å². The molecule has 2 aromatic rings. The Hall–Kier alpha value is -2.82. The van der Waals surface area contributed by atoms with Gasteiger partial charge in [0.25, 0.3) is 0 Å². The predicted octanol–water partition coefficient (Wildman–Crippen LogP) is 3.60. The number of amides is 2. The Labute approximate surface area is 155 Å². The largest absolute Gasteiger partial charge is 0.399 e. The number of para-hydroxylation sites is 1. The number of hydrogen-bond acceptors (Lipinski definition) is 3. The van der Waals surface area contributed by atoms with Crippen LogP contribution >= 0.6 is 0 Å². The Morgan fingerprint density at radius 1 is 1.08 bits per heavy atom. The molecular formula is C21H27N3O2. The number of anilines is 2. The molecule has 0 aromatic heterocycles. The highest BCUT2D eigenvalue weighted by atomic mass is 16.2. The molecule has 138 valence electrons. The highest BCUT2D eigenvalue weighted by Gasteiger charge is 2.13. The number of nitrogens with two attached hydrogens (primary N) is 1. The third-order valence-electron chi connectivity index (χ3n) is 4.29. The van der Waals surface area contributed by atoms with E-state index in [1.807, 2.05) is 62.4 Å². The van der Waals surface area contributed by atoms with Crippen molar-refractivity contribution in [2.24, 2.45) is 0 Å². The van der Waals surface area contributed by atoms with E-state index in [0.717, 1.165) is 16.8 Å². The Morgan fingerprint density at radius 3 is 2.31 bits per heavy atom. The molecule has 26 heavy (non-hydrogen) atoms. The van der Waals surface area contributed by atoms with Crippen LogP contribution in [0, 0.1) is 0 Å². The first-order valence-corrected chi connectivity index (χ1v) is 8.86. The van der Waals surface area contributed by atoms with E-state index in [4.69, 9.17) is 5.73 Å². The average molecular weight is 353 g/mol. The van der Waals surface area contributed by atoms with Crippen molar-refractivity contribution in [3.05, 3.63) is 59.7 Å². The van der Waals surface area contributed by atoms with E-state index < -0.39 is 0 Å². The summed E-state index contributed by atoms with van der Waals surface area (Å²) < 4.78 is 0. The van der Waals surface area contributed by atoms with Gasteiger partial charge in [0.15, 0.2) is 0 Å². The van der Waals surface area contributed by atoms with E-state index in [1.165, 1.54) is 0 Å². The van der Waals surface area contributed by atoms with Crippen molar-refractivity contribution in [2.45, 2.75) is 46.2 Å². The molecule has 0 saturated heterocycles. The van der Waals surface area contributed by atoms with Crippen molar-refractivity contribution in [3.63, 3.8) is 0 Å². The fraction of sp³-hybridized carbons (Fsp3) is 0.333. The summed E-state index contributed by atoms with van der Waals surface area (Å²) in [6.07, 6.45) is 0.986. The summed E-state index contributed by atoms with van der Waals surface area (Å²) in [4.78, 5) is 25.6. The summed E-state index contributed by atoms with van der Waals surface area (Å²) in [5, 5.41) is 2.90. The van der Waals surface area contributed by atoms with Crippen LogP contribution in [-0.2, 0) is 22.6 Å². The minimum Gasteiger partial charge on any atom is -0.399 e. The maximum absolute atomic E-state index is 12.1. The first-order chi connectivity index (χ1) is 12.4. The molecule has 0 fully saturated rings. The van der Waals surface area contributed by atoms with Gasteiger partial charge in [0.2, 0.25) is 11.8 Å². The standard InChI is InChI=1S/C21H27N3O2/c1-15(2)24(16(3)25)14-17-8-11-19(12-9-17)23-21(26)13-10-18-6-4-5-7-20(18)22/h4-9,11-12,15H,10,13-14,22H2,1-3H3,(H,23,26). The highest BCUT2D eigenvalue weighted by molar-refractivity contribution is 5.90. The van der Waals surface area contributed by atoms with Gasteiger partial charge in [0.1, 0.15) is 0 Å². The molecule has 5 nitrogen and oxygen atoms in total. The van der Waals surface area contributed by atoms with Gasteiger partial charge in [0, 0.05) is 37.3 Å². The van der Waals surface area contributed by atoms with Gasteiger partial charge in [-0.1, -0.05) is 30.3 Å². The third kappa shape index (κ3) is 5.62. The molecule has 5 heteroatoms. The predicted molar refractivity (Wildman–Crippen MR) is 106 cm³/mol. The summed E-state index contributed by atoms with van der Waals surface area (Å²) in [7, 11) is 0.